The number of thioether (sulfide) groups is 1. The lowest BCUT2D eigenvalue weighted by Crippen LogP contribution is -2.34. The zero-order chi connectivity index (χ0) is 22.8. The zero-order valence-electron chi connectivity index (χ0n) is 18.4. The van der Waals surface area contributed by atoms with Crippen LogP contribution in [0.2, 0.25) is 0 Å². The highest BCUT2D eigenvalue weighted by Crippen LogP contribution is 2.34. The highest BCUT2D eigenvalue weighted by Gasteiger charge is 2.27. The van der Waals surface area contributed by atoms with Crippen LogP contribution in [0.4, 0.5) is 0 Å². The molecular weight excluding hydrogens is 434 g/mol. The molecule has 0 radical (unpaired) electrons. The first-order chi connectivity index (χ1) is 16.1. The van der Waals surface area contributed by atoms with Gasteiger partial charge >= 0.3 is 0 Å². The summed E-state index contributed by atoms with van der Waals surface area (Å²) in [6, 6.07) is 19.4. The molecule has 1 aliphatic carbocycles. The van der Waals surface area contributed by atoms with Gasteiger partial charge in [-0.15, -0.1) is 0 Å². The maximum absolute atomic E-state index is 13.2. The quantitative estimate of drug-likeness (QED) is 0.310. The monoisotopic (exact) mass is 459 g/mol. The summed E-state index contributed by atoms with van der Waals surface area (Å²) in [5, 5.41) is 1.07. The highest BCUT2D eigenvalue weighted by molar-refractivity contribution is 7.99. The number of benzene rings is 2. The molecule has 7 heteroatoms. The molecule has 2 aromatic carbocycles. The summed E-state index contributed by atoms with van der Waals surface area (Å²) in [4.78, 5) is 32.9. The molecule has 2 aromatic heterocycles. The Kier molecular flexibility index (Phi) is 6.05. The van der Waals surface area contributed by atoms with Crippen LogP contribution >= 0.6 is 11.8 Å². The molecule has 168 valence electrons. The van der Waals surface area contributed by atoms with Crippen LogP contribution in [0, 0.1) is 0 Å². The van der Waals surface area contributed by atoms with Crippen LogP contribution in [0.25, 0.3) is 10.9 Å². The van der Waals surface area contributed by atoms with Gasteiger partial charge in [0.25, 0.3) is 5.56 Å². The number of hydrogen-bond acceptors (Lipinski definition) is 5. The number of aryl methyl sites for hydroxylation is 1. The molecule has 33 heavy (non-hydrogen) atoms. The predicted molar refractivity (Wildman–Crippen MR) is 129 cm³/mol. The maximum Gasteiger partial charge on any atom is 0.262 e. The average molecular weight is 460 g/mol. The second-order valence-electron chi connectivity index (χ2n) is 8.28. The Labute approximate surface area is 196 Å². The lowest BCUT2D eigenvalue weighted by atomic mass is 9.87. The van der Waals surface area contributed by atoms with Gasteiger partial charge in [-0.3, -0.25) is 14.2 Å². The van der Waals surface area contributed by atoms with E-state index in [1.807, 2.05) is 42.3 Å². The van der Waals surface area contributed by atoms with Gasteiger partial charge in [0.2, 0.25) is 5.91 Å². The number of carbonyl (C=O) groups excluding carboxylic acids is 1. The van der Waals surface area contributed by atoms with Crippen molar-refractivity contribution in [2.75, 3.05) is 12.8 Å². The van der Waals surface area contributed by atoms with Gasteiger partial charge in [0.15, 0.2) is 5.16 Å². The third kappa shape index (κ3) is 4.33. The van der Waals surface area contributed by atoms with Crippen LogP contribution in [0.1, 0.15) is 35.8 Å². The molecule has 0 spiro atoms. The van der Waals surface area contributed by atoms with Gasteiger partial charge in [-0.2, -0.15) is 0 Å². The van der Waals surface area contributed by atoms with E-state index >= 15 is 0 Å². The van der Waals surface area contributed by atoms with Crippen LogP contribution in [-0.2, 0) is 17.8 Å². The second kappa shape index (κ2) is 9.27. The van der Waals surface area contributed by atoms with Gasteiger partial charge in [-0.25, -0.2) is 4.98 Å². The molecule has 1 atom stereocenters. The molecule has 6 nitrogen and oxygen atoms in total. The van der Waals surface area contributed by atoms with E-state index in [0.717, 1.165) is 19.3 Å². The fourth-order valence-electron chi connectivity index (χ4n) is 4.49. The molecule has 0 saturated carbocycles. The van der Waals surface area contributed by atoms with Crippen LogP contribution in [0.15, 0.2) is 81.3 Å². The minimum Gasteiger partial charge on any atom is -0.467 e. The van der Waals surface area contributed by atoms with Crippen LogP contribution in [-0.4, -0.2) is 33.2 Å². The molecular formula is C26H25N3O3S. The molecule has 1 amide bonds. The summed E-state index contributed by atoms with van der Waals surface area (Å²) >= 11 is 1.30. The Morgan fingerprint density at radius 1 is 1.15 bits per heavy atom. The van der Waals surface area contributed by atoms with Gasteiger partial charge < -0.3 is 9.32 Å². The first kappa shape index (κ1) is 21.5. The molecule has 1 aliphatic rings. The number of hydrogen-bond donors (Lipinski definition) is 0. The number of aromatic nitrogens is 2. The van der Waals surface area contributed by atoms with E-state index in [-0.39, 0.29) is 29.8 Å². The fraction of sp³-hybridized carbons (Fsp3) is 0.269. The van der Waals surface area contributed by atoms with Crippen molar-refractivity contribution in [2.24, 2.45) is 0 Å². The normalized spacial score (nSPS) is 15.4. The van der Waals surface area contributed by atoms with E-state index < -0.39 is 0 Å². The van der Waals surface area contributed by atoms with Crippen molar-refractivity contribution in [3.63, 3.8) is 0 Å². The third-order valence-electron chi connectivity index (χ3n) is 6.24. The van der Waals surface area contributed by atoms with Gasteiger partial charge in [-0.1, -0.05) is 48.2 Å². The Bertz CT molecular complexity index is 1350. The summed E-state index contributed by atoms with van der Waals surface area (Å²) < 4.78 is 7.06. The first-order valence-electron chi connectivity index (χ1n) is 11.1. The van der Waals surface area contributed by atoms with Crippen molar-refractivity contribution in [3.8, 4) is 0 Å². The first-order valence-corrected chi connectivity index (χ1v) is 12.1. The topological polar surface area (TPSA) is 68.3 Å². The van der Waals surface area contributed by atoms with Crippen LogP contribution in [0.3, 0.4) is 0 Å². The molecule has 5 rings (SSSR count). The molecule has 0 saturated heterocycles. The van der Waals surface area contributed by atoms with Gasteiger partial charge in [0, 0.05) is 7.05 Å². The zero-order valence-corrected chi connectivity index (χ0v) is 19.3. The van der Waals surface area contributed by atoms with Gasteiger partial charge in [0.05, 0.1) is 35.5 Å². The van der Waals surface area contributed by atoms with E-state index in [2.05, 4.69) is 18.2 Å². The minimum atomic E-state index is -0.137. The van der Waals surface area contributed by atoms with E-state index in [1.165, 1.54) is 22.9 Å². The van der Waals surface area contributed by atoms with E-state index in [4.69, 9.17) is 9.40 Å². The summed E-state index contributed by atoms with van der Waals surface area (Å²) in [7, 11) is 1.87. The average Bonchev–Trinajstić information content (AvgIpc) is 3.37. The summed E-state index contributed by atoms with van der Waals surface area (Å²) in [6.07, 6.45) is 4.67. The van der Waals surface area contributed by atoms with Crippen LogP contribution in [0.5, 0.6) is 0 Å². The third-order valence-corrected chi connectivity index (χ3v) is 7.21. The van der Waals surface area contributed by atoms with Gasteiger partial charge in [-0.05, 0) is 54.7 Å². The predicted octanol–water partition coefficient (Wildman–Crippen LogP) is 4.67. The maximum atomic E-state index is 13.2. The van der Waals surface area contributed by atoms with Crippen molar-refractivity contribution in [2.45, 2.75) is 37.0 Å². The van der Waals surface area contributed by atoms with Crippen molar-refractivity contribution in [1.82, 2.24) is 14.5 Å². The summed E-state index contributed by atoms with van der Waals surface area (Å²) in [6.45, 7) is 0.270. The summed E-state index contributed by atoms with van der Waals surface area (Å²) in [5.41, 5.74) is 3.05. The van der Waals surface area contributed by atoms with Crippen LogP contribution < -0.4 is 5.56 Å². The number of furan rings is 1. The van der Waals surface area contributed by atoms with E-state index in [0.29, 0.717) is 21.8 Å². The molecule has 0 bridgehead atoms. The molecule has 0 N–H and O–H groups in total. The molecule has 4 aromatic rings. The fourth-order valence-corrected chi connectivity index (χ4v) is 5.41. The standard InChI is InChI=1S/C26H25N3O3S/c1-28(23-14-6-9-18-8-2-3-11-20(18)23)24(30)17-33-26-27-22-13-5-4-12-21(22)25(31)29(26)16-19-10-7-15-32-19/h2-5,7-8,10-13,15,23H,6,9,14,16-17H2,1H3/t23-/m1/s1. The van der Waals surface area contributed by atoms with E-state index in [9.17, 15) is 9.59 Å². The molecule has 0 unspecified atom stereocenters. The number of rotatable bonds is 6. The largest absolute Gasteiger partial charge is 0.467 e. The van der Waals surface area contributed by atoms with Crippen molar-refractivity contribution >= 4 is 28.6 Å². The molecule has 2 heterocycles. The number of para-hydroxylation sites is 1. The highest BCUT2D eigenvalue weighted by atomic mass is 32.2. The lowest BCUT2D eigenvalue weighted by Gasteiger charge is -2.33. The molecule has 0 fully saturated rings. The second-order valence-corrected chi connectivity index (χ2v) is 9.22. The summed E-state index contributed by atoms with van der Waals surface area (Å²) in [5.74, 6) is 0.893. The van der Waals surface area contributed by atoms with E-state index in [1.54, 1.807) is 23.0 Å². The number of carbonyl (C=O) groups is 1. The van der Waals surface area contributed by atoms with Crippen molar-refractivity contribution < 1.29 is 9.21 Å². The number of amides is 1. The minimum absolute atomic E-state index is 0.0219. The Morgan fingerprint density at radius 2 is 1.97 bits per heavy atom. The number of fused-ring (bicyclic) bond motifs is 2. The molecule has 0 aliphatic heterocycles. The smallest absolute Gasteiger partial charge is 0.262 e. The lowest BCUT2D eigenvalue weighted by molar-refractivity contribution is -0.129. The van der Waals surface area contributed by atoms with Crippen molar-refractivity contribution in [3.05, 3.63) is 94.2 Å². The van der Waals surface area contributed by atoms with Gasteiger partial charge in [0.1, 0.15) is 5.76 Å². The Balaban J connectivity index is 1.40. The Hall–Kier alpha value is -3.32. The Morgan fingerprint density at radius 3 is 2.82 bits per heavy atom. The van der Waals surface area contributed by atoms with Crippen molar-refractivity contribution in [1.29, 1.82) is 0 Å². The SMILES string of the molecule is CN(C(=O)CSc1nc2ccccc2c(=O)n1Cc1ccco1)[C@@H]1CCCc2ccccc21. The number of nitrogens with zero attached hydrogens (tertiary/aromatic N) is 3.